The predicted molar refractivity (Wildman–Crippen MR) is 120 cm³/mol. The van der Waals surface area contributed by atoms with E-state index in [1.807, 2.05) is 9.47 Å². The molecule has 1 aliphatic carbocycles. The number of nitrogens with zero attached hydrogens (tertiary/aromatic N) is 5. The lowest BCUT2D eigenvalue weighted by Gasteiger charge is -2.38. The highest BCUT2D eigenvalue weighted by Gasteiger charge is 2.31. The first-order valence-corrected chi connectivity index (χ1v) is 12.5. The van der Waals surface area contributed by atoms with Crippen LogP contribution >= 0.6 is 0 Å². The van der Waals surface area contributed by atoms with Gasteiger partial charge in [-0.15, -0.1) is 0 Å². The molecule has 1 aromatic heterocycles. The van der Waals surface area contributed by atoms with Crippen LogP contribution in [0.25, 0.3) is 0 Å². The standard InChI is InChI=1S/C24H37N5O2/c30-23-16-21(25-22-8-2-1-5-10-29(22)23)19-9-11-28(17-19)24(31)18-26-12-14-27(15-13-26)20-6-3-4-7-20/h16,19-20H,1-15,17-18H2. The fourth-order valence-corrected chi connectivity index (χ4v) is 6.02. The van der Waals surface area contributed by atoms with Gasteiger partial charge in [0, 0.05) is 70.3 Å². The lowest BCUT2D eigenvalue weighted by molar-refractivity contribution is -0.131. The van der Waals surface area contributed by atoms with Crippen LogP contribution in [0.1, 0.15) is 68.8 Å². The molecule has 7 heteroatoms. The Bertz CT molecular complexity index is 839. The van der Waals surface area contributed by atoms with Crippen LogP contribution in [-0.4, -0.2) is 82.0 Å². The van der Waals surface area contributed by atoms with Crippen molar-refractivity contribution < 1.29 is 4.79 Å². The van der Waals surface area contributed by atoms with Crippen LogP contribution in [0, 0.1) is 0 Å². The summed E-state index contributed by atoms with van der Waals surface area (Å²) in [4.78, 5) is 37.4. The van der Waals surface area contributed by atoms with Crippen LogP contribution in [0.4, 0.5) is 0 Å². The zero-order valence-electron chi connectivity index (χ0n) is 18.8. The summed E-state index contributed by atoms with van der Waals surface area (Å²) in [6.07, 6.45) is 10.6. The lowest BCUT2D eigenvalue weighted by atomic mass is 10.0. The van der Waals surface area contributed by atoms with Crippen molar-refractivity contribution in [2.45, 2.75) is 76.3 Å². The van der Waals surface area contributed by atoms with Crippen molar-refractivity contribution in [1.82, 2.24) is 24.3 Å². The maximum Gasteiger partial charge on any atom is 0.253 e. The summed E-state index contributed by atoms with van der Waals surface area (Å²) in [6.45, 7) is 7.02. The third kappa shape index (κ3) is 4.72. The number of hydrogen-bond donors (Lipinski definition) is 0. The molecule has 7 nitrogen and oxygen atoms in total. The van der Waals surface area contributed by atoms with Crippen LogP contribution in [-0.2, 0) is 17.8 Å². The van der Waals surface area contributed by atoms with Gasteiger partial charge >= 0.3 is 0 Å². The van der Waals surface area contributed by atoms with Gasteiger partial charge in [-0.05, 0) is 32.1 Å². The molecule has 170 valence electrons. The summed E-state index contributed by atoms with van der Waals surface area (Å²) < 4.78 is 1.86. The maximum atomic E-state index is 13.0. The normalized spacial score (nSPS) is 26.2. The third-order valence-corrected chi connectivity index (χ3v) is 7.96. The monoisotopic (exact) mass is 427 g/mol. The van der Waals surface area contributed by atoms with Crippen molar-refractivity contribution in [1.29, 1.82) is 0 Å². The SMILES string of the molecule is O=C(CN1CCN(C2CCCC2)CC1)N1CCC(c2cc(=O)n3c(n2)CCCCC3)C1. The Morgan fingerprint density at radius 3 is 2.55 bits per heavy atom. The van der Waals surface area contributed by atoms with E-state index in [9.17, 15) is 9.59 Å². The zero-order chi connectivity index (χ0) is 21.2. The Labute approximate surface area is 185 Å². The number of aromatic nitrogens is 2. The molecule has 0 radical (unpaired) electrons. The van der Waals surface area contributed by atoms with Crippen molar-refractivity contribution in [2.75, 3.05) is 45.8 Å². The molecule has 1 saturated carbocycles. The molecule has 0 aromatic carbocycles. The van der Waals surface area contributed by atoms with Gasteiger partial charge in [-0.2, -0.15) is 0 Å². The van der Waals surface area contributed by atoms with E-state index in [2.05, 4.69) is 9.80 Å². The third-order valence-electron chi connectivity index (χ3n) is 7.96. The fourth-order valence-electron chi connectivity index (χ4n) is 6.02. The summed E-state index contributed by atoms with van der Waals surface area (Å²) in [5, 5.41) is 0. The van der Waals surface area contributed by atoms with Crippen molar-refractivity contribution in [3.63, 3.8) is 0 Å². The molecule has 2 saturated heterocycles. The van der Waals surface area contributed by atoms with Crippen LogP contribution < -0.4 is 5.56 Å². The average Bonchev–Trinajstić information content (AvgIpc) is 3.43. The molecular formula is C24H37N5O2. The van der Waals surface area contributed by atoms with Crippen LogP contribution in [0.5, 0.6) is 0 Å². The molecule has 1 atom stereocenters. The summed E-state index contributed by atoms with van der Waals surface area (Å²) in [6, 6.07) is 2.52. The molecule has 1 amide bonds. The molecule has 4 aliphatic rings. The molecule has 0 bridgehead atoms. The number of hydrogen-bond acceptors (Lipinski definition) is 5. The molecule has 1 aromatic rings. The molecular weight excluding hydrogens is 390 g/mol. The van der Waals surface area contributed by atoms with E-state index in [0.717, 1.165) is 82.5 Å². The summed E-state index contributed by atoms with van der Waals surface area (Å²) in [5.41, 5.74) is 0.991. The maximum absolute atomic E-state index is 13.0. The summed E-state index contributed by atoms with van der Waals surface area (Å²) >= 11 is 0. The van der Waals surface area contributed by atoms with Gasteiger partial charge in [0.25, 0.3) is 5.56 Å². The topological polar surface area (TPSA) is 61.7 Å². The minimum absolute atomic E-state index is 0.0896. The van der Waals surface area contributed by atoms with Gasteiger partial charge in [0.05, 0.1) is 12.2 Å². The van der Waals surface area contributed by atoms with E-state index in [1.165, 1.54) is 32.1 Å². The molecule has 0 N–H and O–H groups in total. The second kappa shape index (κ2) is 9.41. The Hall–Kier alpha value is -1.73. The van der Waals surface area contributed by atoms with Gasteiger partial charge in [0.2, 0.25) is 5.91 Å². The quantitative estimate of drug-likeness (QED) is 0.734. The summed E-state index contributed by atoms with van der Waals surface area (Å²) in [5.74, 6) is 1.39. The highest BCUT2D eigenvalue weighted by Crippen LogP contribution is 2.27. The number of aryl methyl sites for hydroxylation is 1. The van der Waals surface area contributed by atoms with Crippen molar-refractivity contribution in [2.24, 2.45) is 0 Å². The van der Waals surface area contributed by atoms with Gasteiger partial charge in [0.1, 0.15) is 5.82 Å². The fraction of sp³-hybridized carbons (Fsp3) is 0.792. The molecule has 31 heavy (non-hydrogen) atoms. The number of rotatable bonds is 4. The van der Waals surface area contributed by atoms with E-state index in [-0.39, 0.29) is 17.4 Å². The van der Waals surface area contributed by atoms with Gasteiger partial charge in [-0.1, -0.05) is 19.3 Å². The van der Waals surface area contributed by atoms with Crippen molar-refractivity contribution >= 4 is 5.91 Å². The number of carbonyl (C=O) groups is 1. The lowest BCUT2D eigenvalue weighted by Crippen LogP contribution is -2.52. The highest BCUT2D eigenvalue weighted by atomic mass is 16.2. The molecule has 4 heterocycles. The van der Waals surface area contributed by atoms with Gasteiger partial charge in [-0.3, -0.25) is 24.0 Å². The molecule has 1 unspecified atom stereocenters. The second-order valence-corrected chi connectivity index (χ2v) is 9.97. The highest BCUT2D eigenvalue weighted by molar-refractivity contribution is 5.78. The average molecular weight is 428 g/mol. The molecule has 3 aliphatic heterocycles. The smallest absolute Gasteiger partial charge is 0.253 e. The Kier molecular flexibility index (Phi) is 6.41. The number of likely N-dealkylation sites (tertiary alicyclic amines) is 1. The van der Waals surface area contributed by atoms with Gasteiger partial charge in [-0.25, -0.2) is 4.98 Å². The van der Waals surface area contributed by atoms with Crippen LogP contribution in [0.15, 0.2) is 10.9 Å². The predicted octanol–water partition coefficient (Wildman–Crippen LogP) is 1.85. The Morgan fingerprint density at radius 2 is 1.74 bits per heavy atom. The van der Waals surface area contributed by atoms with Crippen LogP contribution in [0.3, 0.4) is 0 Å². The first-order valence-electron chi connectivity index (χ1n) is 12.5. The van der Waals surface area contributed by atoms with Crippen molar-refractivity contribution in [3.8, 4) is 0 Å². The molecule has 3 fully saturated rings. The molecule has 5 rings (SSSR count). The first-order chi connectivity index (χ1) is 15.2. The van der Waals surface area contributed by atoms with E-state index in [1.54, 1.807) is 6.07 Å². The largest absolute Gasteiger partial charge is 0.341 e. The van der Waals surface area contributed by atoms with E-state index in [0.29, 0.717) is 13.1 Å². The first kappa shape index (κ1) is 21.1. The number of fused-ring (bicyclic) bond motifs is 1. The Morgan fingerprint density at radius 1 is 0.935 bits per heavy atom. The Balaban J connectivity index is 1.15. The van der Waals surface area contributed by atoms with Gasteiger partial charge in [0.15, 0.2) is 0 Å². The van der Waals surface area contributed by atoms with Crippen LogP contribution in [0.2, 0.25) is 0 Å². The number of carbonyl (C=O) groups excluding carboxylic acids is 1. The number of amides is 1. The second-order valence-electron chi connectivity index (χ2n) is 9.97. The van der Waals surface area contributed by atoms with Crippen molar-refractivity contribution in [3.05, 3.63) is 27.9 Å². The van der Waals surface area contributed by atoms with E-state index in [4.69, 9.17) is 4.98 Å². The summed E-state index contributed by atoms with van der Waals surface area (Å²) in [7, 11) is 0. The van der Waals surface area contributed by atoms with E-state index >= 15 is 0 Å². The minimum atomic E-state index is 0.0896. The minimum Gasteiger partial charge on any atom is -0.341 e. The number of piperazine rings is 1. The molecule has 0 spiro atoms. The van der Waals surface area contributed by atoms with Gasteiger partial charge < -0.3 is 4.90 Å². The van der Waals surface area contributed by atoms with E-state index < -0.39 is 0 Å². The zero-order valence-corrected chi connectivity index (χ0v) is 18.8.